The van der Waals surface area contributed by atoms with Crippen molar-refractivity contribution < 1.29 is 53.8 Å². The summed E-state index contributed by atoms with van der Waals surface area (Å²) >= 11 is 3.82. The summed E-state index contributed by atoms with van der Waals surface area (Å²) in [6.45, 7) is 1.56. The largest absolute Gasteiger partial charge is 0.295 e. The second kappa shape index (κ2) is 12.2. The Hall–Kier alpha value is -2.48. The van der Waals surface area contributed by atoms with Gasteiger partial charge in [0.25, 0.3) is 11.8 Å². The molecule has 1 aromatic rings. The molecular formula is C24H29CoN3O8. The number of ether oxygens (including phenoxy) is 3. The van der Waals surface area contributed by atoms with E-state index >= 15 is 0 Å². The van der Waals surface area contributed by atoms with Crippen LogP contribution in [0.5, 0.6) is 0 Å². The van der Waals surface area contributed by atoms with Gasteiger partial charge in [0, 0.05) is 12.1 Å². The number of nitrogens with one attached hydrogen (secondary N) is 2. The summed E-state index contributed by atoms with van der Waals surface area (Å²) in [5.41, 5.74) is 0.925. The van der Waals surface area contributed by atoms with Crippen LogP contribution in [0.3, 0.4) is 0 Å². The predicted octanol–water partition coefficient (Wildman–Crippen LogP) is 0.867. The summed E-state index contributed by atoms with van der Waals surface area (Å²) in [5.74, 6) is -2.15. The maximum Gasteiger partial charge on any atom is 0.264 e. The van der Waals surface area contributed by atoms with E-state index in [0.29, 0.717) is 38.5 Å². The Morgan fingerprint density at radius 3 is 2.67 bits per heavy atom. The van der Waals surface area contributed by atoms with Gasteiger partial charge in [0.15, 0.2) is 0 Å². The van der Waals surface area contributed by atoms with Gasteiger partial charge in [-0.2, -0.15) is 0 Å². The van der Waals surface area contributed by atoms with E-state index in [1.54, 1.807) is 18.2 Å². The van der Waals surface area contributed by atoms with Crippen molar-refractivity contribution in [1.82, 2.24) is 10.2 Å². The van der Waals surface area contributed by atoms with Crippen LogP contribution in [-0.4, -0.2) is 83.1 Å². The van der Waals surface area contributed by atoms with E-state index in [9.17, 15) is 19.2 Å². The van der Waals surface area contributed by atoms with Crippen LogP contribution in [0.1, 0.15) is 59.2 Å². The number of carbonyl (C=O) groups is 4. The van der Waals surface area contributed by atoms with Crippen molar-refractivity contribution in [3.05, 3.63) is 29.3 Å². The average molecular weight is 546 g/mol. The number of aliphatic hydroxyl groups is 1. The summed E-state index contributed by atoms with van der Waals surface area (Å²) in [7, 11) is 0. The van der Waals surface area contributed by atoms with Gasteiger partial charge in [-0.15, -0.1) is 0 Å². The van der Waals surface area contributed by atoms with Gasteiger partial charge in [-0.05, 0) is 18.6 Å². The van der Waals surface area contributed by atoms with Crippen molar-refractivity contribution in [2.75, 3.05) is 31.7 Å². The molecule has 0 aromatic heterocycles. The fourth-order valence-electron chi connectivity index (χ4n) is 4.79. The van der Waals surface area contributed by atoms with Crippen LogP contribution in [0.4, 0.5) is 5.69 Å². The molecule has 197 valence electrons. The Kier molecular flexibility index (Phi) is 8.98. The number of imide groups is 2. The van der Waals surface area contributed by atoms with Crippen LogP contribution in [-0.2, 0) is 39.1 Å². The molecule has 0 bridgehead atoms. The molecule has 2 unspecified atom stereocenters. The van der Waals surface area contributed by atoms with Crippen molar-refractivity contribution in [3.63, 3.8) is 0 Å². The molecule has 1 saturated carbocycles. The van der Waals surface area contributed by atoms with Gasteiger partial charge in [0.05, 0.1) is 11.1 Å². The predicted molar refractivity (Wildman–Crippen MR) is 122 cm³/mol. The van der Waals surface area contributed by atoms with Crippen molar-refractivity contribution >= 4 is 34.1 Å². The van der Waals surface area contributed by atoms with Gasteiger partial charge in [-0.25, -0.2) is 0 Å². The Labute approximate surface area is 216 Å². The zero-order chi connectivity index (χ0) is 25.7. The third kappa shape index (κ3) is 6.25. The van der Waals surface area contributed by atoms with E-state index < -0.39 is 29.7 Å². The second-order valence-corrected chi connectivity index (χ2v) is 9.29. The van der Waals surface area contributed by atoms with E-state index in [1.807, 2.05) is 0 Å². The van der Waals surface area contributed by atoms with Gasteiger partial charge >= 0.3 is 109 Å². The summed E-state index contributed by atoms with van der Waals surface area (Å²) < 4.78 is 16.7. The third-order valence-electron chi connectivity index (χ3n) is 6.45. The Morgan fingerprint density at radius 1 is 1.08 bits per heavy atom. The zero-order valence-corrected chi connectivity index (χ0v) is 20.7. The minimum atomic E-state index is -1.00. The summed E-state index contributed by atoms with van der Waals surface area (Å²) in [6, 6.07) is 3.92. The van der Waals surface area contributed by atoms with Crippen molar-refractivity contribution in [1.29, 1.82) is 0 Å². The standard InChI is InChI=1S/C24H29N3O8.Co/c28-14-35-16-4-1-3-15(13-16)34-12-11-33-10-9-25-18-6-2-5-17-21(18)24(32)27(23(17)31)19-7-8-20(29)26-22(19)30;/h2,5-6,15-16,19,25,28H,1,3-4,7-13H2,(H,26,29,30);/t15?,16-,19?;/m1./s1. The minimum Gasteiger partial charge on any atom is -0.295 e. The molecule has 3 N–H and O–H groups in total. The number of hydrogen-bond acceptors (Lipinski definition) is 9. The Morgan fingerprint density at radius 2 is 1.89 bits per heavy atom. The molecule has 12 heteroatoms. The first-order valence-corrected chi connectivity index (χ1v) is 12.5. The molecule has 36 heavy (non-hydrogen) atoms. The maximum atomic E-state index is 13.1. The molecule has 1 saturated heterocycles. The number of anilines is 1. The van der Waals surface area contributed by atoms with Crippen LogP contribution in [0.2, 0.25) is 0 Å². The van der Waals surface area contributed by atoms with Gasteiger partial charge < -0.3 is 0 Å². The SMILES string of the molecule is O=C1CCC(N2C(=O)c3cccc(NCCOCCOC4CCC[C@@H](O[C](O)=[Co])C4)c3C2=O)C(=O)N1. The minimum absolute atomic E-state index is 0.0418. The number of fused-ring (bicyclic) bond motifs is 1. The van der Waals surface area contributed by atoms with Crippen molar-refractivity contribution in [2.24, 2.45) is 0 Å². The van der Waals surface area contributed by atoms with E-state index in [4.69, 9.17) is 19.3 Å². The first kappa shape index (κ1) is 26.6. The molecule has 0 radical (unpaired) electrons. The number of hydrogen-bond donors (Lipinski definition) is 3. The van der Waals surface area contributed by atoms with Crippen molar-refractivity contribution in [3.8, 4) is 0 Å². The Bertz CT molecular complexity index is 1050. The Balaban J connectivity index is 1.22. The molecular weight excluding hydrogens is 517 g/mol. The van der Waals surface area contributed by atoms with Crippen LogP contribution >= 0.6 is 0 Å². The number of benzene rings is 1. The molecule has 2 heterocycles. The zero-order valence-electron chi connectivity index (χ0n) is 19.6. The number of rotatable bonds is 11. The van der Waals surface area contributed by atoms with Gasteiger partial charge in [-0.1, -0.05) is 6.07 Å². The number of aliphatic hydroxyl groups excluding tert-OH is 1. The van der Waals surface area contributed by atoms with E-state index in [-0.39, 0.29) is 41.0 Å². The number of carbonyl (C=O) groups excluding carboxylic acids is 4. The molecule has 2 fully saturated rings. The average Bonchev–Trinajstić information content (AvgIpc) is 3.09. The van der Waals surface area contributed by atoms with Gasteiger partial charge in [0.1, 0.15) is 6.04 Å². The number of amides is 4. The molecule has 3 aliphatic rings. The summed E-state index contributed by atoms with van der Waals surface area (Å²) in [5, 5.41) is 14.5. The monoisotopic (exact) mass is 546 g/mol. The summed E-state index contributed by atoms with van der Waals surface area (Å²) in [4.78, 5) is 50.3. The topological polar surface area (TPSA) is 144 Å². The van der Waals surface area contributed by atoms with E-state index in [2.05, 4.69) is 25.9 Å². The molecule has 4 rings (SSSR count). The first-order chi connectivity index (χ1) is 17.3. The number of nitrogens with zero attached hydrogens (tertiary/aromatic N) is 1. The fraction of sp³-hybridized carbons (Fsp3) is 0.542. The maximum absolute atomic E-state index is 13.1. The molecule has 2 aliphatic heterocycles. The summed E-state index contributed by atoms with van der Waals surface area (Å²) in [6.07, 6.45) is 3.54. The fourth-order valence-corrected chi connectivity index (χ4v) is 4.96. The molecule has 4 amide bonds. The van der Waals surface area contributed by atoms with E-state index in [0.717, 1.165) is 24.2 Å². The van der Waals surface area contributed by atoms with Crippen LogP contribution in [0, 0.1) is 0 Å². The van der Waals surface area contributed by atoms with Crippen LogP contribution < -0.4 is 10.6 Å². The third-order valence-corrected chi connectivity index (χ3v) is 6.57. The van der Waals surface area contributed by atoms with Crippen molar-refractivity contribution in [2.45, 2.75) is 56.8 Å². The van der Waals surface area contributed by atoms with Crippen LogP contribution in [0.25, 0.3) is 0 Å². The smallest absolute Gasteiger partial charge is 0.264 e. The molecule has 3 atom stereocenters. The van der Waals surface area contributed by atoms with Gasteiger partial charge in [-0.3, -0.25) is 29.4 Å². The molecule has 1 aromatic carbocycles. The van der Waals surface area contributed by atoms with Gasteiger partial charge in [0.2, 0.25) is 11.8 Å². The molecule has 0 spiro atoms. The first-order valence-electron chi connectivity index (χ1n) is 12.0. The number of piperidine rings is 1. The quantitative estimate of drug-likeness (QED) is 0.272. The molecule has 1 aliphatic carbocycles. The second-order valence-electron chi connectivity index (χ2n) is 8.85. The van der Waals surface area contributed by atoms with Crippen LogP contribution in [0.15, 0.2) is 18.2 Å². The van der Waals surface area contributed by atoms with E-state index in [1.165, 1.54) is 0 Å². The molecule has 11 nitrogen and oxygen atoms in total. The normalized spacial score (nSPS) is 24.1.